The van der Waals surface area contributed by atoms with Crippen LogP contribution >= 0.6 is 0 Å². The first kappa shape index (κ1) is 9.84. The lowest BCUT2D eigenvalue weighted by Crippen LogP contribution is -1.89. The maximum atomic E-state index is 13.7. The molecule has 17 heavy (non-hydrogen) atoms. The topological polar surface area (TPSA) is 37.5 Å². The average Bonchev–Trinajstić information content (AvgIpc) is 2.78. The van der Waals surface area contributed by atoms with E-state index in [0.29, 0.717) is 5.52 Å². The predicted octanol–water partition coefficient (Wildman–Crippen LogP) is 2.85. The highest BCUT2D eigenvalue weighted by atomic mass is 19.1. The first-order chi connectivity index (χ1) is 8.24. The highest BCUT2D eigenvalue weighted by Gasteiger charge is 2.05. The Bertz CT molecular complexity index is 673. The molecular formula is C13H9FN2O. The number of phenolic OH excluding ortho intramolecular Hbond substituents is 1. The van der Waals surface area contributed by atoms with Crippen LogP contribution in [0.4, 0.5) is 4.39 Å². The van der Waals surface area contributed by atoms with Crippen LogP contribution in [0.5, 0.6) is 5.75 Å². The van der Waals surface area contributed by atoms with E-state index in [1.165, 1.54) is 12.3 Å². The average molecular weight is 228 g/mol. The van der Waals surface area contributed by atoms with Gasteiger partial charge in [0.2, 0.25) is 0 Å². The minimum absolute atomic E-state index is 0.193. The van der Waals surface area contributed by atoms with Gasteiger partial charge in [-0.15, -0.1) is 0 Å². The van der Waals surface area contributed by atoms with E-state index in [1.807, 2.05) is 0 Å². The fourth-order valence-electron chi connectivity index (χ4n) is 1.80. The van der Waals surface area contributed by atoms with E-state index < -0.39 is 0 Å². The van der Waals surface area contributed by atoms with Crippen molar-refractivity contribution >= 4 is 5.52 Å². The number of hydrogen-bond donors (Lipinski definition) is 1. The zero-order chi connectivity index (χ0) is 11.8. The molecule has 0 atom stereocenters. The van der Waals surface area contributed by atoms with Gasteiger partial charge < -0.3 is 9.51 Å². The van der Waals surface area contributed by atoms with Crippen molar-refractivity contribution in [3.63, 3.8) is 0 Å². The molecule has 0 amide bonds. The van der Waals surface area contributed by atoms with Crippen molar-refractivity contribution in [3.8, 4) is 16.9 Å². The van der Waals surface area contributed by atoms with Crippen molar-refractivity contribution in [2.24, 2.45) is 0 Å². The van der Waals surface area contributed by atoms with Gasteiger partial charge in [0.05, 0.1) is 12.5 Å². The molecule has 2 heterocycles. The lowest BCUT2D eigenvalue weighted by Gasteiger charge is -2.04. The van der Waals surface area contributed by atoms with Crippen molar-refractivity contribution in [1.29, 1.82) is 0 Å². The molecule has 3 nitrogen and oxygen atoms in total. The molecule has 3 rings (SSSR count). The van der Waals surface area contributed by atoms with E-state index in [-0.39, 0.29) is 11.6 Å². The Morgan fingerprint density at radius 3 is 2.65 bits per heavy atom. The predicted molar refractivity (Wildman–Crippen MR) is 62.3 cm³/mol. The van der Waals surface area contributed by atoms with Crippen LogP contribution < -0.4 is 0 Å². The van der Waals surface area contributed by atoms with Crippen LogP contribution in [0.3, 0.4) is 0 Å². The molecule has 0 spiro atoms. The second kappa shape index (κ2) is 3.59. The number of pyridine rings is 1. The van der Waals surface area contributed by atoms with E-state index in [1.54, 1.807) is 41.2 Å². The molecule has 0 aliphatic heterocycles. The first-order valence-corrected chi connectivity index (χ1v) is 5.15. The fraction of sp³-hybridized carbons (Fsp3) is 0. The highest BCUT2D eigenvalue weighted by Crippen LogP contribution is 2.24. The summed E-state index contributed by atoms with van der Waals surface area (Å²) in [6.07, 6.45) is 4.84. The SMILES string of the molecule is Oc1ccc(-c2cc(F)c3cncn3c2)cc1. The van der Waals surface area contributed by atoms with Crippen molar-refractivity contribution in [1.82, 2.24) is 9.38 Å². The zero-order valence-corrected chi connectivity index (χ0v) is 8.84. The fourth-order valence-corrected chi connectivity index (χ4v) is 1.80. The van der Waals surface area contributed by atoms with Gasteiger partial charge in [0.1, 0.15) is 17.1 Å². The van der Waals surface area contributed by atoms with Crippen LogP contribution in [0.25, 0.3) is 16.6 Å². The van der Waals surface area contributed by atoms with Crippen LogP contribution in [0.1, 0.15) is 0 Å². The minimum atomic E-state index is -0.312. The Labute approximate surface area is 96.8 Å². The van der Waals surface area contributed by atoms with E-state index >= 15 is 0 Å². The number of aromatic nitrogens is 2. The molecule has 0 fully saturated rings. The summed E-state index contributed by atoms with van der Waals surface area (Å²) in [7, 11) is 0. The van der Waals surface area contributed by atoms with Crippen molar-refractivity contribution in [3.05, 3.63) is 54.9 Å². The van der Waals surface area contributed by atoms with Crippen LogP contribution in [0.15, 0.2) is 49.1 Å². The summed E-state index contributed by atoms with van der Waals surface area (Å²) in [6, 6.07) is 8.10. The van der Waals surface area contributed by atoms with Crippen LogP contribution in [-0.4, -0.2) is 14.5 Å². The molecule has 0 saturated heterocycles. The van der Waals surface area contributed by atoms with Crippen LogP contribution in [0, 0.1) is 5.82 Å². The zero-order valence-electron chi connectivity index (χ0n) is 8.84. The standard InChI is InChI=1S/C13H9FN2O/c14-12-5-10(7-16-8-15-6-13(12)16)9-1-3-11(17)4-2-9/h1-8,17H. The van der Waals surface area contributed by atoms with Gasteiger partial charge in [0.15, 0.2) is 0 Å². The Balaban J connectivity index is 2.20. The van der Waals surface area contributed by atoms with Crippen LogP contribution in [0.2, 0.25) is 0 Å². The smallest absolute Gasteiger partial charge is 0.149 e. The summed E-state index contributed by atoms with van der Waals surface area (Å²) in [5.41, 5.74) is 2.04. The monoisotopic (exact) mass is 228 g/mol. The quantitative estimate of drug-likeness (QED) is 0.695. The molecule has 0 unspecified atom stereocenters. The molecule has 0 aliphatic carbocycles. The number of hydrogen-bond acceptors (Lipinski definition) is 2. The van der Waals surface area contributed by atoms with Gasteiger partial charge >= 0.3 is 0 Å². The third kappa shape index (κ3) is 1.63. The third-order valence-electron chi connectivity index (χ3n) is 2.67. The number of rotatable bonds is 1. The Morgan fingerprint density at radius 2 is 1.88 bits per heavy atom. The molecular weight excluding hydrogens is 219 g/mol. The number of aromatic hydroxyl groups is 1. The third-order valence-corrected chi connectivity index (χ3v) is 2.67. The van der Waals surface area contributed by atoms with E-state index in [4.69, 9.17) is 0 Å². The number of halogens is 1. The van der Waals surface area contributed by atoms with Gasteiger partial charge in [-0.05, 0) is 23.8 Å². The molecule has 4 heteroatoms. The maximum Gasteiger partial charge on any atom is 0.149 e. The van der Waals surface area contributed by atoms with Gasteiger partial charge in [0.25, 0.3) is 0 Å². The van der Waals surface area contributed by atoms with Crippen LogP contribution in [-0.2, 0) is 0 Å². The normalized spacial score (nSPS) is 10.9. The molecule has 0 radical (unpaired) electrons. The summed E-state index contributed by atoms with van der Waals surface area (Å²) in [4.78, 5) is 3.89. The summed E-state index contributed by atoms with van der Waals surface area (Å²) in [5, 5.41) is 9.21. The van der Waals surface area contributed by atoms with E-state index in [0.717, 1.165) is 11.1 Å². The highest BCUT2D eigenvalue weighted by molar-refractivity contribution is 5.66. The van der Waals surface area contributed by atoms with Gasteiger partial charge in [-0.25, -0.2) is 9.37 Å². The molecule has 0 aliphatic rings. The van der Waals surface area contributed by atoms with Crippen molar-refractivity contribution in [2.45, 2.75) is 0 Å². The van der Waals surface area contributed by atoms with E-state index in [9.17, 15) is 9.50 Å². The number of nitrogens with zero attached hydrogens (tertiary/aromatic N) is 2. The van der Waals surface area contributed by atoms with Gasteiger partial charge in [-0.3, -0.25) is 0 Å². The minimum Gasteiger partial charge on any atom is -0.508 e. The van der Waals surface area contributed by atoms with Gasteiger partial charge in [0, 0.05) is 11.8 Å². The largest absolute Gasteiger partial charge is 0.508 e. The summed E-state index contributed by atoms with van der Waals surface area (Å²) < 4.78 is 15.4. The molecule has 1 aromatic carbocycles. The number of benzene rings is 1. The van der Waals surface area contributed by atoms with Gasteiger partial charge in [-0.2, -0.15) is 0 Å². The summed E-state index contributed by atoms with van der Waals surface area (Å²) in [6.45, 7) is 0. The second-order valence-corrected chi connectivity index (χ2v) is 3.81. The van der Waals surface area contributed by atoms with E-state index in [2.05, 4.69) is 4.98 Å². The Kier molecular flexibility index (Phi) is 2.08. The lowest BCUT2D eigenvalue weighted by atomic mass is 10.1. The molecule has 2 aromatic heterocycles. The van der Waals surface area contributed by atoms with Gasteiger partial charge in [-0.1, -0.05) is 12.1 Å². The number of imidazole rings is 1. The Morgan fingerprint density at radius 1 is 1.12 bits per heavy atom. The second-order valence-electron chi connectivity index (χ2n) is 3.81. The Hall–Kier alpha value is -2.36. The molecule has 0 bridgehead atoms. The summed E-state index contributed by atoms with van der Waals surface area (Å²) >= 11 is 0. The molecule has 1 N–H and O–H groups in total. The van der Waals surface area contributed by atoms with Crippen molar-refractivity contribution < 1.29 is 9.50 Å². The van der Waals surface area contributed by atoms with Crippen molar-refractivity contribution in [2.75, 3.05) is 0 Å². The first-order valence-electron chi connectivity index (χ1n) is 5.15. The number of fused-ring (bicyclic) bond motifs is 1. The lowest BCUT2D eigenvalue weighted by molar-refractivity contribution is 0.475. The summed E-state index contributed by atoms with van der Waals surface area (Å²) in [5.74, 6) is -0.119. The molecule has 84 valence electrons. The molecule has 3 aromatic rings. The maximum absolute atomic E-state index is 13.7. The number of phenols is 1. The molecule has 0 saturated carbocycles.